The van der Waals surface area contributed by atoms with E-state index in [1.807, 2.05) is 12.1 Å². The lowest BCUT2D eigenvalue weighted by atomic mass is 10.2. The van der Waals surface area contributed by atoms with E-state index < -0.39 is 0 Å². The van der Waals surface area contributed by atoms with Gasteiger partial charge in [0.15, 0.2) is 0 Å². The monoisotopic (exact) mass is 331 g/mol. The van der Waals surface area contributed by atoms with E-state index in [2.05, 4.69) is 27.3 Å². The van der Waals surface area contributed by atoms with E-state index in [0.29, 0.717) is 13.2 Å². The van der Waals surface area contributed by atoms with Crippen molar-refractivity contribution in [1.29, 1.82) is 0 Å². The minimum absolute atomic E-state index is 0.673. The second-order valence-electron chi connectivity index (χ2n) is 4.12. The molecule has 0 radical (unpaired) electrons. The average Bonchev–Trinajstić information content (AvgIpc) is 2.42. The van der Waals surface area contributed by atoms with Crippen LogP contribution in [0.1, 0.15) is 12.0 Å². The first-order valence-corrected chi connectivity index (χ1v) is 7.17. The number of rotatable bonds is 10. The quantitative estimate of drug-likeness (QED) is 0.669. The SMILES string of the molecule is COCCCOc1ccc(Br)c(CNCCOC)c1. The van der Waals surface area contributed by atoms with Crippen LogP contribution in [0.2, 0.25) is 0 Å². The summed E-state index contributed by atoms with van der Waals surface area (Å²) in [5, 5.41) is 3.32. The van der Waals surface area contributed by atoms with Crippen LogP contribution in [0.4, 0.5) is 0 Å². The molecule has 0 heterocycles. The Morgan fingerprint density at radius 2 is 1.89 bits per heavy atom. The zero-order chi connectivity index (χ0) is 13.9. The van der Waals surface area contributed by atoms with Gasteiger partial charge < -0.3 is 19.5 Å². The number of nitrogens with one attached hydrogen (secondary N) is 1. The molecule has 5 heteroatoms. The maximum Gasteiger partial charge on any atom is 0.119 e. The molecule has 0 atom stereocenters. The van der Waals surface area contributed by atoms with E-state index in [4.69, 9.17) is 14.2 Å². The fourth-order valence-electron chi connectivity index (χ4n) is 1.57. The first kappa shape index (κ1) is 16.4. The average molecular weight is 332 g/mol. The molecule has 0 unspecified atom stereocenters. The van der Waals surface area contributed by atoms with E-state index in [9.17, 15) is 0 Å². The Labute approximate surface area is 123 Å². The van der Waals surface area contributed by atoms with Crippen LogP contribution in [0.3, 0.4) is 0 Å². The third kappa shape index (κ3) is 6.92. The fourth-order valence-corrected chi connectivity index (χ4v) is 1.95. The van der Waals surface area contributed by atoms with Gasteiger partial charge >= 0.3 is 0 Å². The first-order valence-electron chi connectivity index (χ1n) is 6.37. The highest BCUT2D eigenvalue weighted by molar-refractivity contribution is 9.10. The molecule has 0 spiro atoms. The van der Waals surface area contributed by atoms with E-state index in [-0.39, 0.29) is 0 Å². The molecule has 1 aromatic rings. The van der Waals surface area contributed by atoms with E-state index in [1.165, 1.54) is 5.56 Å². The molecule has 0 aliphatic rings. The van der Waals surface area contributed by atoms with E-state index in [0.717, 1.165) is 36.3 Å². The second kappa shape index (κ2) is 10.2. The van der Waals surface area contributed by atoms with Gasteiger partial charge in [-0.2, -0.15) is 0 Å². The van der Waals surface area contributed by atoms with Gasteiger partial charge in [-0.25, -0.2) is 0 Å². The number of methoxy groups -OCH3 is 2. The topological polar surface area (TPSA) is 39.7 Å². The van der Waals surface area contributed by atoms with Crippen molar-refractivity contribution >= 4 is 15.9 Å². The molecule has 4 nitrogen and oxygen atoms in total. The third-order valence-corrected chi connectivity index (χ3v) is 3.35. The van der Waals surface area contributed by atoms with Gasteiger partial charge in [0.1, 0.15) is 5.75 Å². The lowest BCUT2D eigenvalue weighted by molar-refractivity contribution is 0.172. The van der Waals surface area contributed by atoms with Crippen LogP contribution >= 0.6 is 15.9 Å². The molecule has 0 amide bonds. The molecule has 19 heavy (non-hydrogen) atoms. The number of hydrogen-bond donors (Lipinski definition) is 1. The van der Waals surface area contributed by atoms with Gasteiger partial charge in [0.05, 0.1) is 13.2 Å². The van der Waals surface area contributed by atoms with Crippen LogP contribution in [0.25, 0.3) is 0 Å². The molecule has 0 saturated carbocycles. The zero-order valence-electron chi connectivity index (χ0n) is 11.6. The summed E-state index contributed by atoms with van der Waals surface area (Å²) in [6.45, 7) is 3.74. The summed E-state index contributed by atoms with van der Waals surface area (Å²) in [6, 6.07) is 6.03. The molecule has 108 valence electrons. The van der Waals surface area contributed by atoms with Crippen molar-refractivity contribution in [2.24, 2.45) is 0 Å². The van der Waals surface area contributed by atoms with Gasteiger partial charge in [0.2, 0.25) is 0 Å². The Kier molecular flexibility index (Phi) is 8.82. The molecule has 1 N–H and O–H groups in total. The van der Waals surface area contributed by atoms with Crippen LogP contribution in [0.15, 0.2) is 22.7 Å². The number of hydrogen-bond acceptors (Lipinski definition) is 4. The highest BCUT2D eigenvalue weighted by Gasteiger charge is 2.02. The minimum Gasteiger partial charge on any atom is -0.493 e. The normalized spacial score (nSPS) is 10.7. The zero-order valence-corrected chi connectivity index (χ0v) is 13.2. The number of ether oxygens (including phenoxy) is 3. The Hall–Kier alpha value is -0.620. The highest BCUT2D eigenvalue weighted by Crippen LogP contribution is 2.22. The molecule has 1 rings (SSSR count). The summed E-state index contributed by atoms with van der Waals surface area (Å²) in [7, 11) is 3.40. The Bertz CT molecular complexity index is 361. The molecule has 0 saturated heterocycles. The molecule has 0 aromatic heterocycles. The van der Waals surface area contributed by atoms with Crippen molar-refractivity contribution in [2.75, 3.05) is 40.6 Å². The highest BCUT2D eigenvalue weighted by atomic mass is 79.9. The fraction of sp³-hybridized carbons (Fsp3) is 0.571. The molecule has 0 aliphatic carbocycles. The standard InChI is InChI=1S/C14H22BrNO3/c1-17-7-3-8-19-13-4-5-14(15)12(10-13)11-16-6-9-18-2/h4-5,10,16H,3,6-9,11H2,1-2H3. The summed E-state index contributed by atoms with van der Waals surface area (Å²) in [5.74, 6) is 0.892. The van der Waals surface area contributed by atoms with Gasteiger partial charge in [-0.3, -0.25) is 0 Å². The summed E-state index contributed by atoms with van der Waals surface area (Å²) in [5.41, 5.74) is 1.18. The lowest BCUT2D eigenvalue weighted by Gasteiger charge is -2.10. The smallest absolute Gasteiger partial charge is 0.119 e. The Morgan fingerprint density at radius 1 is 1.11 bits per heavy atom. The van der Waals surface area contributed by atoms with Crippen molar-refractivity contribution in [3.05, 3.63) is 28.2 Å². The van der Waals surface area contributed by atoms with Gasteiger partial charge in [0.25, 0.3) is 0 Å². The lowest BCUT2D eigenvalue weighted by Crippen LogP contribution is -2.18. The first-order chi connectivity index (χ1) is 9.27. The summed E-state index contributed by atoms with van der Waals surface area (Å²) in [4.78, 5) is 0. The maximum atomic E-state index is 5.68. The Morgan fingerprint density at radius 3 is 2.63 bits per heavy atom. The molecule has 0 bridgehead atoms. The largest absolute Gasteiger partial charge is 0.493 e. The summed E-state index contributed by atoms with van der Waals surface area (Å²) in [6.07, 6.45) is 0.897. The summed E-state index contributed by atoms with van der Waals surface area (Å²) >= 11 is 3.55. The van der Waals surface area contributed by atoms with Crippen LogP contribution in [-0.4, -0.2) is 40.6 Å². The summed E-state index contributed by atoms with van der Waals surface area (Å²) < 4.78 is 16.8. The number of halogens is 1. The van der Waals surface area contributed by atoms with Gasteiger partial charge in [-0.15, -0.1) is 0 Å². The Balaban J connectivity index is 2.42. The maximum absolute atomic E-state index is 5.68. The minimum atomic E-state index is 0.673. The number of benzene rings is 1. The molecular weight excluding hydrogens is 310 g/mol. The van der Waals surface area contributed by atoms with Crippen LogP contribution in [0, 0.1) is 0 Å². The van der Waals surface area contributed by atoms with E-state index in [1.54, 1.807) is 14.2 Å². The van der Waals surface area contributed by atoms with Crippen LogP contribution in [0.5, 0.6) is 5.75 Å². The van der Waals surface area contributed by atoms with Crippen molar-refractivity contribution in [3.8, 4) is 5.75 Å². The molecule has 1 aromatic carbocycles. The van der Waals surface area contributed by atoms with Crippen molar-refractivity contribution in [1.82, 2.24) is 5.32 Å². The van der Waals surface area contributed by atoms with Crippen molar-refractivity contribution in [3.63, 3.8) is 0 Å². The predicted octanol–water partition coefficient (Wildman–Crippen LogP) is 2.60. The predicted molar refractivity (Wildman–Crippen MR) is 79.7 cm³/mol. The van der Waals surface area contributed by atoms with Gasteiger partial charge in [0, 0.05) is 44.8 Å². The molecule has 0 aliphatic heterocycles. The van der Waals surface area contributed by atoms with E-state index >= 15 is 0 Å². The molecular formula is C14H22BrNO3. The van der Waals surface area contributed by atoms with Crippen molar-refractivity contribution < 1.29 is 14.2 Å². The van der Waals surface area contributed by atoms with Gasteiger partial charge in [-0.1, -0.05) is 15.9 Å². The van der Waals surface area contributed by atoms with Crippen LogP contribution in [-0.2, 0) is 16.0 Å². The van der Waals surface area contributed by atoms with Gasteiger partial charge in [-0.05, 0) is 23.8 Å². The molecule has 0 fully saturated rings. The van der Waals surface area contributed by atoms with Crippen LogP contribution < -0.4 is 10.1 Å². The van der Waals surface area contributed by atoms with Crippen molar-refractivity contribution in [2.45, 2.75) is 13.0 Å². The third-order valence-electron chi connectivity index (χ3n) is 2.58. The second-order valence-corrected chi connectivity index (χ2v) is 4.97.